The monoisotopic (exact) mass is 348 g/mol. The molecule has 1 aliphatic carbocycles. The van der Waals surface area contributed by atoms with Crippen LogP contribution < -0.4 is 5.32 Å². The molecule has 1 heterocycles. The van der Waals surface area contributed by atoms with Gasteiger partial charge in [-0.2, -0.15) is 5.10 Å². The summed E-state index contributed by atoms with van der Waals surface area (Å²) < 4.78 is 15.9. The van der Waals surface area contributed by atoms with Crippen LogP contribution in [0.15, 0.2) is 24.3 Å². The highest BCUT2D eigenvalue weighted by Crippen LogP contribution is 2.40. The van der Waals surface area contributed by atoms with Gasteiger partial charge in [-0.1, -0.05) is 31.4 Å². The second kappa shape index (κ2) is 6.84. The third-order valence-electron chi connectivity index (χ3n) is 4.90. The number of aromatic amines is 1. The summed E-state index contributed by atoms with van der Waals surface area (Å²) in [7, 11) is 1.80. The lowest BCUT2D eigenvalue weighted by molar-refractivity contribution is -0.128. The Bertz CT molecular complexity index is 792. The van der Waals surface area contributed by atoms with E-state index >= 15 is 0 Å². The van der Waals surface area contributed by atoms with Gasteiger partial charge in [0.25, 0.3) is 0 Å². The zero-order valence-corrected chi connectivity index (χ0v) is 14.5. The Hall–Kier alpha value is -2.02. The average molecular weight is 348 g/mol. The summed E-state index contributed by atoms with van der Waals surface area (Å²) in [5.41, 5.74) is 0.0986. The Morgan fingerprint density at radius 2 is 2.17 bits per heavy atom. The quantitative estimate of drug-likeness (QED) is 0.835. The van der Waals surface area contributed by atoms with Crippen molar-refractivity contribution in [2.75, 3.05) is 0 Å². The largest absolute Gasteiger partial charge is 0.348 e. The fourth-order valence-corrected chi connectivity index (χ4v) is 3.61. The van der Waals surface area contributed by atoms with E-state index < -0.39 is 5.41 Å². The molecule has 1 saturated carbocycles. The van der Waals surface area contributed by atoms with Crippen LogP contribution in [0.25, 0.3) is 0 Å². The van der Waals surface area contributed by atoms with Crippen molar-refractivity contribution < 1.29 is 9.18 Å². The van der Waals surface area contributed by atoms with Gasteiger partial charge in [-0.25, -0.2) is 4.39 Å². The minimum atomic E-state index is -0.661. The molecule has 1 aliphatic rings. The summed E-state index contributed by atoms with van der Waals surface area (Å²) in [5, 5.41) is 9.79. The Morgan fingerprint density at radius 1 is 1.42 bits per heavy atom. The second-order valence-electron chi connectivity index (χ2n) is 6.34. The van der Waals surface area contributed by atoms with Crippen LogP contribution in [0.3, 0.4) is 0 Å². The highest BCUT2D eigenvalue weighted by molar-refractivity contribution is 7.71. The Balaban J connectivity index is 1.84. The van der Waals surface area contributed by atoms with Crippen LogP contribution in [0.4, 0.5) is 4.39 Å². The number of aromatic nitrogens is 3. The van der Waals surface area contributed by atoms with E-state index in [0.29, 0.717) is 17.1 Å². The minimum absolute atomic E-state index is 0.0679. The molecule has 2 N–H and O–H groups in total. The van der Waals surface area contributed by atoms with Crippen LogP contribution in [0, 0.1) is 10.6 Å². The number of hydrogen-bond acceptors (Lipinski definition) is 3. The number of carbonyl (C=O) groups is 1. The van der Waals surface area contributed by atoms with E-state index in [9.17, 15) is 9.18 Å². The molecule has 0 spiro atoms. The van der Waals surface area contributed by atoms with Crippen molar-refractivity contribution in [3.05, 3.63) is 46.2 Å². The predicted molar refractivity (Wildman–Crippen MR) is 91.4 cm³/mol. The molecule has 0 unspecified atom stereocenters. The molecule has 1 aromatic heterocycles. The van der Waals surface area contributed by atoms with Crippen molar-refractivity contribution >= 4 is 18.1 Å². The molecule has 1 amide bonds. The van der Waals surface area contributed by atoms with Crippen LogP contribution in [0.2, 0.25) is 0 Å². The third-order valence-corrected chi connectivity index (χ3v) is 5.26. The van der Waals surface area contributed by atoms with Crippen molar-refractivity contribution in [1.82, 2.24) is 20.1 Å². The first-order valence-corrected chi connectivity index (χ1v) is 8.58. The zero-order chi connectivity index (χ0) is 17.2. The van der Waals surface area contributed by atoms with Gasteiger partial charge >= 0.3 is 0 Å². The van der Waals surface area contributed by atoms with Crippen molar-refractivity contribution in [2.45, 2.75) is 44.1 Å². The van der Waals surface area contributed by atoms with Gasteiger partial charge in [-0.05, 0) is 42.8 Å². The summed E-state index contributed by atoms with van der Waals surface area (Å²) in [6.07, 6.45) is 4.52. The number of halogens is 1. The minimum Gasteiger partial charge on any atom is -0.348 e. The molecule has 24 heavy (non-hydrogen) atoms. The Labute approximate surface area is 145 Å². The lowest BCUT2D eigenvalue weighted by Gasteiger charge is -2.36. The van der Waals surface area contributed by atoms with Crippen LogP contribution in [0.5, 0.6) is 0 Å². The summed E-state index contributed by atoms with van der Waals surface area (Å²) in [4.78, 5) is 13.0. The number of carbonyl (C=O) groups excluding carboxylic acids is 1. The maximum atomic E-state index is 13.7. The van der Waals surface area contributed by atoms with Crippen LogP contribution in [-0.4, -0.2) is 20.7 Å². The molecular weight excluding hydrogens is 327 g/mol. The highest BCUT2D eigenvalue weighted by atomic mass is 32.1. The van der Waals surface area contributed by atoms with Crippen LogP contribution in [0.1, 0.15) is 43.5 Å². The van der Waals surface area contributed by atoms with E-state index in [2.05, 4.69) is 15.5 Å². The lowest BCUT2D eigenvalue weighted by atomic mass is 9.68. The van der Waals surface area contributed by atoms with Gasteiger partial charge in [0.1, 0.15) is 5.82 Å². The van der Waals surface area contributed by atoms with Crippen molar-refractivity contribution in [1.29, 1.82) is 0 Å². The van der Waals surface area contributed by atoms with E-state index in [4.69, 9.17) is 12.2 Å². The molecule has 0 bridgehead atoms. The van der Waals surface area contributed by atoms with E-state index in [0.717, 1.165) is 37.7 Å². The first kappa shape index (κ1) is 16.8. The molecule has 0 atom stereocenters. The molecule has 3 rings (SSSR count). The average Bonchev–Trinajstić information content (AvgIpc) is 2.92. The standard InChI is InChI=1S/C17H21FN4OS/c1-22-14(20-21-16(22)24)11-19-15(23)17(8-3-2-4-9-17)12-6-5-7-13(18)10-12/h5-7,10H,2-4,8-9,11H2,1H3,(H,19,23)(H,21,24). The molecular formula is C17H21FN4OS. The topological polar surface area (TPSA) is 62.7 Å². The fraction of sp³-hybridized carbons (Fsp3) is 0.471. The molecule has 7 heteroatoms. The lowest BCUT2D eigenvalue weighted by Crippen LogP contribution is -2.45. The molecule has 128 valence electrons. The summed E-state index contributed by atoms with van der Waals surface area (Å²) in [6, 6.07) is 6.42. The first-order valence-electron chi connectivity index (χ1n) is 8.17. The van der Waals surface area contributed by atoms with E-state index in [1.807, 2.05) is 6.07 Å². The number of amides is 1. The smallest absolute Gasteiger partial charge is 0.231 e. The second-order valence-corrected chi connectivity index (χ2v) is 6.73. The number of nitrogens with one attached hydrogen (secondary N) is 2. The van der Waals surface area contributed by atoms with Gasteiger partial charge in [-0.15, -0.1) is 0 Å². The van der Waals surface area contributed by atoms with Crippen molar-refractivity contribution in [3.8, 4) is 0 Å². The highest BCUT2D eigenvalue weighted by Gasteiger charge is 2.41. The maximum Gasteiger partial charge on any atom is 0.231 e. The van der Waals surface area contributed by atoms with Crippen LogP contribution in [-0.2, 0) is 23.8 Å². The number of nitrogens with zero attached hydrogens (tertiary/aromatic N) is 2. The molecule has 1 aromatic carbocycles. The zero-order valence-electron chi connectivity index (χ0n) is 13.6. The maximum absolute atomic E-state index is 13.7. The predicted octanol–water partition coefficient (Wildman–Crippen LogP) is 3.14. The van der Waals surface area contributed by atoms with Crippen molar-refractivity contribution in [3.63, 3.8) is 0 Å². The van der Waals surface area contributed by atoms with Gasteiger partial charge in [-0.3, -0.25) is 9.89 Å². The summed E-state index contributed by atoms with van der Waals surface area (Å²) in [6.45, 7) is 0.291. The van der Waals surface area contributed by atoms with Crippen LogP contribution >= 0.6 is 12.2 Å². The molecule has 0 radical (unpaired) electrons. The van der Waals surface area contributed by atoms with Gasteiger partial charge in [0.2, 0.25) is 5.91 Å². The summed E-state index contributed by atoms with van der Waals surface area (Å²) >= 11 is 5.08. The molecule has 5 nitrogen and oxygen atoms in total. The third kappa shape index (κ3) is 3.13. The number of H-pyrrole nitrogens is 1. The van der Waals surface area contributed by atoms with Gasteiger partial charge in [0.15, 0.2) is 10.6 Å². The number of hydrogen-bond donors (Lipinski definition) is 2. The van der Waals surface area contributed by atoms with Gasteiger partial charge in [0, 0.05) is 7.05 Å². The fourth-order valence-electron chi connectivity index (χ4n) is 3.45. The Kier molecular flexibility index (Phi) is 4.80. The molecule has 2 aromatic rings. The SMILES string of the molecule is Cn1c(CNC(=O)C2(c3cccc(F)c3)CCCCC2)n[nH]c1=S. The molecule has 0 saturated heterocycles. The van der Waals surface area contributed by atoms with Crippen molar-refractivity contribution in [2.24, 2.45) is 7.05 Å². The molecule has 1 fully saturated rings. The van der Waals surface area contributed by atoms with Gasteiger partial charge in [0.05, 0.1) is 12.0 Å². The van der Waals surface area contributed by atoms with Gasteiger partial charge < -0.3 is 9.88 Å². The van der Waals surface area contributed by atoms with E-state index in [-0.39, 0.29) is 11.7 Å². The summed E-state index contributed by atoms with van der Waals surface area (Å²) in [5.74, 6) is 0.292. The van der Waals surface area contributed by atoms with E-state index in [1.165, 1.54) is 12.1 Å². The first-order chi connectivity index (χ1) is 11.5. The normalized spacial score (nSPS) is 16.8. The number of rotatable bonds is 4. The number of benzene rings is 1. The van der Waals surface area contributed by atoms with E-state index in [1.54, 1.807) is 17.7 Å². The molecule has 0 aliphatic heterocycles. The Morgan fingerprint density at radius 3 is 2.79 bits per heavy atom.